The van der Waals surface area contributed by atoms with Gasteiger partial charge in [-0.05, 0) is 50.4 Å². The Morgan fingerprint density at radius 3 is 2.59 bits per heavy atom. The first-order chi connectivity index (χ1) is 10.6. The lowest BCUT2D eigenvalue weighted by molar-refractivity contribution is -0.135. The summed E-state index contributed by atoms with van der Waals surface area (Å²) in [6, 6.07) is 8.40. The van der Waals surface area contributed by atoms with E-state index in [-0.39, 0.29) is 11.9 Å². The molecule has 1 N–H and O–H groups in total. The van der Waals surface area contributed by atoms with E-state index >= 15 is 0 Å². The van der Waals surface area contributed by atoms with E-state index in [1.807, 2.05) is 0 Å². The maximum atomic E-state index is 12.7. The Kier molecular flexibility index (Phi) is 4.79. The Morgan fingerprint density at radius 1 is 1.23 bits per heavy atom. The Bertz CT molecular complexity index is 521. The standard InChI is InChI=1S/C18H27N3O/c1-20(2)13-14-7-9-21(10-8-14)18(22)17-11-15-5-3-4-6-16(15)12-19-17/h3-6,14,17,19H,7-13H2,1-2H3. The number of piperidine rings is 1. The van der Waals surface area contributed by atoms with Crippen LogP contribution in [0.4, 0.5) is 0 Å². The number of hydrogen-bond acceptors (Lipinski definition) is 3. The van der Waals surface area contributed by atoms with Gasteiger partial charge in [0.2, 0.25) is 5.91 Å². The van der Waals surface area contributed by atoms with Gasteiger partial charge in [-0.3, -0.25) is 4.79 Å². The predicted molar refractivity (Wildman–Crippen MR) is 88.6 cm³/mol. The highest BCUT2D eigenvalue weighted by atomic mass is 16.2. The van der Waals surface area contributed by atoms with Crippen molar-refractivity contribution in [1.82, 2.24) is 15.1 Å². The molecule has 1 unspecified atom stereocenters. The highest BCUT2D eigenvalue weighted by molar-refractivity contribution is 5.82. The molecule has 1 aromatic carbocycles. The van der Waals surface area contributed by atoms with Gasteiger partial charge in [-0.1, -0.05) is 24.3 Å². The van der Waals surface area contributed by atoms with E-state index in [2.05, 4.69) is 53.5 Å². The number of likely N-dealkylation sites (tertiary alicyclic amines) is 1. The lowest BCUT2D eigenvalue weighted by Gasteiger charge is -2.36. The van der Waals surface area contributed by atoms with Gasteiger partial charge in [0.15, 0.2) is 0 Å². The minimum Gasteiger partial charge on any atom is -0.341 e. The molecular weight excluding hydrogens is 274 g/mol. The summed E-state index contributed by atoms with van der Waals surface area (Å²) in [6.07, 6.45) is 3.09. The fraction of sp³-hybridized carbons (Fsp3) is 0.611. The van der Waals surface area contributed by atoms with Crippen molar-refractivity contribution in [3.05, 3.63) is 35.4 Å². The highest BCUT2D eigenvalue weighted by Crippen LogP contribution is 2.21. The topological polar surface area (TPSA) is 35.6 Å². The lowest BCUT2D eigenvalue weighted by Crippen LogP contribution is -2.51. The van der Waals surface area contributed by atoms with Gasteiger partial charge in [0.1, 0.15) is 0 Å². The Labute approximate surface area is 133 Å². The van der Waals surface area contributed by atoms with Gasteiger partial charge in [0, 0.05) is 26.2 Å². The summed E-state index contributed by atoms with van der Waals surface area (Å²) >= 11 is 0. The average Bonchev–Trinajstić information content (AvgIpc) is 2.54. The van der Waals surface area contributed by atoms with Crippen LogP contribution in [0.3, 0.4) is 0 Å². The second kappa shape index (κ2) is 6.80. The first-order valence-electron chi connectivity index (χ1n) is 8.37. The monoisotopic (exact) mass is 301 g/mol. The van der Waals surface area contributed by atoms with Gasteiger partial charge in [0.05, 0.1) is 6.04 Å². The van der Waals surface area contributed by atoms with E-state index in [4.69, 9.17) is 0 Å². The van der Waals surface area contributed by atoms with Crippen LogP contribution in [0.2, 0.25) is 0 Å². The summed E-state index contributed by atoms with van der Waals surface area (Å²) in [5, 5.41) is 3.42. The van der Waals surface area contributed by atoms with Crippen LogP contribution >= 0.6 is 0 Å². The third-order valence-corrected chi connectivity index (χ3v) is 4.93. The molecule has 22 heavy (non-hydrogen) atoms. The zero-order chi connectivity index (χ0) is 15.5. The summed E-state index contributed by atoms with van der Waals surface area (Å²) in [7, 11) is 4.25. The molecule has 0 bridgehead atoms. The Hall–Kier alpha value is -1.39. The van der Waals surface area contributed by atoms with Gasteiger partial charge in [-0.25, -0.2) is 0 Å². The minimum absolute atomic E-state index is 0.0414. The number of carbonyl (C=O) groups is 1. The predicted octanol–water partition coefficient (Wildman–Crippen LogP) is 1.50. The first kappa shape index (κ1) is 15.5. The Balaban J connectivity index is 1.55. The maximum absolute atomic E-state index is 12.7. The molecule has 0 aliphatic carbocycles. The van der Waals surface area contributed by atoms with Crippen molar-refractivity contribution in [3.8, 4) is 0 Å². The second-order valence-electron chi connectivity index (χ2n) is 6.94. The molecule has 2 aliphatic rings. The molecule has 4 nitrogen and oxygen atoms in total. The van der Waals surface area contributed by atoms with Crippen LogP contribution in [0, 0.1) is 5.92 Å². The first-order valence-corrected chi connectivity index (χ1v) is 8.37. The van der Waals surface area contributed by atoms with Gasteiger partial charge < -0.3 is 15.1 Å². The number of nitrogens with one attached hydrogen (secondary N) is 1. The van der Waals surface area contributed by atoms with Crippen LogP contribution < -0.4 is 5.32 Å². The normalized spacial score (nSPS) is 22.7. The zero-order valence-electron chi connectivity index (χ0n) is 13.7. The summed E-state index contributed by atoms with van der Waals surface area (Å²) in [6.45, 7) is 3.77. The Morgan fingerprint density at radius 2 is 1.91 bits per heavy atom. The molecule has 4 heteroatoms. The number of benzene rings is 1. The minimum atomic E-state index is -0.0414. The van der Waals surface area contributed by atoms with Crippen molar-refractivity contribution in [2.24, 2.45) is 5.92 Å². The van der Waals surface area contributed by atoms with Crippen LogP contribution in [0.5, 0.6) is 0 Å². The smallest absolute Gasteiger partial charge is 0.240 e. The molecule has 1 atom stereocenters. The average molecular weight is 301 g/mol. The van der Waals surface area contributed by atoms with Crippen molar-refractivity contribution in [3.63, 3.8) is 0 Å². The number of rotatable bonds is 3. The summed E-state index contributed by atoms with van der Waals surface area (Å²) in [5.74, 6) is 1.02. The number of carbonyl (C=O) groups excluding carboxylic acids is 1. The molecule has 0 aromatic heterocycles. The van der Waals surface area contributed by atoms with E-state index < -0.39 is 0 Å². The largest absolute Gasteiger partial charge is 0.341 e. The third-order valence-electron chi connectivity index (χ3n) is 4.93. The molecule has 0 spiro atoms. The van der Waals surface area contributed by atoms with Crippen LogP contribution in [-0.2, 0) is 17.8 Å². The molecular formula is C18H27N3O. The number of hydrogen-bond donors (Lipinski definition) is 1. The highest BCUT2D eigenvalue weighted by Gasteiger charge is 2.30. The molecule has 3 rings (SSSR count). The van der Waals surface area contributed by atoms with Gasteiger partial charge in [0.25, 0.3) is 0 Å². The third kappa shape index (κ3) is 3.50. The second-order valence-corrected chi connectivity index (χ2v) is 6.94. The van der Waals surface area contributed by atoms with Crippen molar-refractivity contribution in [2.75, 3.05) is 33.7 Å². The quantitative estimate of drug-likeness (QED) is 0.919. The molecule has 0 radical (unpaired) electrons. The molecule has 1 saturated heterocycles. The van der Waals surface area contributed by atoms with Crippen LogP contribution in [0.1, 0.15) is 24.0 Å². The van der Waals surface area contributed by atoms with Crippen molar-refractivity contribution >= 4 is 5.91 Å². The van der Waals surface area contributed by atoms with E-state index in [1.54, 1.807) is 0 Å². The van der Waals surface area contributed by atoms with E-state index in [1.165, 1.54) is 11.1 Å². The van der Waals surface area contributed by atoms with Gasteiger partial charge in [-0.15, -0.1) is 0 Å². The molecule has 120 valence electrons. The fourth-order valence-corrected chi connectivity index (χ4v) is 3.70. The number of fused-ring (bicyclic) bond motifs is 1. The van der Waals surface area contributed by atoms with Gasteiger partial charge in [-0.2, -0.15) is 0 Å². The van der Waals surface area contributed by atoms with E-state index in [0.717, 1.165) is 51.4 Å². The summed E-state index contributed by atoms with van der Waals surface area (Å²) in [5.41, 5.74) is 2.65. The van der Waals surface area contributed by atoms with Crippen LogP contribution in [0.25, 0.3) is 0 Å². The zero-order valence-corrected chi connectivity index (χ0v) is 13.7. The lowest BCUT2D eigenvalue weighted by atomic mass is 9.93. The van der Waals surface area contributed by atoms with Crippen molar-refractivity contribution < 1.29 is 4.79 Å². The number of nitrogens with zero attached hydrogens (tertiary/aromatic N) is 2. The molecule has 2 heterocycles. The SMILES string of the molecule is CN(C)CC1CCN(C(=O)C2Cc3ccccc3CN2)CC1. The van der Waals surface area contributed by atoms with E-state index in [0.29, 0.717) is 0 Å². The molecule has 2 aliphatic heterocycles. The molecule has 1 amide bonds. The van der Waals surface area contributed by atoms with Crippen LogP contribution in [-0.4, -0.2) is 55.5 Å². The van der Waals surface area contributed by atoms with Gasteiger partial charge >= 0.3 is 0 Å². The maximum Gasteiger partial charge on any atom is 0.240 e. The molecule has 0 saturated carbocycles. The summed E-state index contributed by atoms with van der Waals surface area (Å²) < 4.78 is 0. The summed E-state index contributed by atoms with van der Waals surface area (Å²) in [4.78, 5) is 17.1. The van der Waals surface area contributed by atoms with Crippen LogP contribution in [0.15, 0.2) is 24.3 Å². The molecule has 1 fully saturated rings. The van der Waals surface area contributed by atoms with E-state index in [9.17, 15) is 4.79 Å². The van der Waals surface area contributed by atoms with Crippen molar-refractivity contribution in [1.29, 1.82) is 0 Å². The molecule has 1 aromatic rings. The fourth-order valence-electron chi connectivity index (χ4n) is 3.70. The van der Waals surface area contributed by atoms with Crippen molar-refractivity contribution in [2.45, 2.75) is 31.8 Å². The number of amides is 1.